The second-order valence-corrected chi connectivity index (χ2v) is 9.54. The number of urea groups is 1. The number of carbonyl (C=O) groups is 1. The minimum Gasteiger partial charge on any atom is -0.404 e. The molecule has 1 unspecified atom stereocenters. The van der Waals surface area contributed by atoms with Gasteiger partial charge in [-0.15, -0.1) is 0 Å². The van der Waals surface area contributed by atoms with Crippen molar-refractivity contribution in [2.45, 2.75) is 51.1 Å². The van der Waals surface area contributed by atoms with Crippen LogP contribution in [0.2, 0.25) is 0 Å². The molecule has 3 heterocycles. The number of nitrogens with two attached hydrogens (primary N) is 1. The Morgan fingerprint density at radius 3 is 2.74 bits per heavy atom. The van der Waals surface area contributed by atoms with Gasteiger partial charge < -0.3 is 26.2 Å². The number of rotatable bonds is 9. The molecule has 0 bridgehead atoms. The molecule has 4 rings (SSSR count). The monoisotopic (exact) mass is 480 g/mol. The molecule has 1 saturated carbocycles. The number of hydrogen-bond acceptors (Lipinski definition) is 7. The van der Waals surface area contributed by atoms with E-state index in [1.54, 1.807) is 6.20 Å². The van der Waals surface area contributed by atoms with Crippen LogP contribution < -0.4 is 21.7 Å². The second kappa shape index (κ2) is 12.7. The Kier molecular flexibility index (Phi) is 9.14. The fourth-order valence-corrected chi connectivity index (χ4v) is 4.93. The smallest absolute Gasteiger partial charge is 0.320 e. The first-order valence-corrected chi connectivity index (χ1v) is 13.0. The quantitative estimate of drug-likeness (QED) is 0.298. The fraction of sp³-hybridized carbons (Fsp3) is 0.577. The Morgan fingerprint density at radius 2 is 2.00 bits per heavy atom. The van der Waals surface area contributed by atoms with Gasteiger partial charge in [-0.3, -0.25) is 15.3 Å². The summed E-state index contributed by atoms with van der Waals surface area (Å²) in [6, 6.07) is -0.0243. The summed E-state index contributed by atoms with van der Waals surface area (Å²) < 4.78 is 0. The van der Waals surface area contributed by atoms with Gasteiger partial charge in [0.05, 0.1) is 11.7 Å². The normalized spacial score (nSPS) is 24.0. The first-order chi connectivity index (χ1) is 17.1. The highest BCUT2D eigenvalue weighted by atomic mass is 16.2. The maximum atomic E-state index is 12.3. The molecule has 190 valence electrons. The third-order valence-electron chi connectivity index (χ3n) is 7.10. The number of carbonyl (C=O) groups excluding carboxylic acids is 1. The molecule has 3 aliphatic heterocycles. The summed E-state index contributed by atoms with van der Waals surface area (Å²) in [6.45, 7) is 9.84. The Balaban J connectivity index is 1.23. The van der Waals surface area contributed by atoms with Gasteiger partial charge in [0, 0.05) is 68.5 Å². The minimum absolute atomic E-state index is 0.132. The topological polar surface area (TPSA) is 110 Å². The van der Waals surface area contributed by atoms with Crippen molar-refractivity contribution in [3.63, 3.8) is 0 Å². The number of likely N-dealkylation sites (N-methyl/N-ethyl adjacent to an activating group) is 1. The Bertz CT molecular complexity index is 918. The summed E-state index contributed by atoms with van der Waals surface area (Å²) >= 11 is 0. The molecule has 9 nitrogen and oxygen atoms in total. The average Bonchev–Trinajstić information content (AvgIpc) is 3.39. The standard InChI is InChI=1S/C26H40N8O/c1-2-33-12-14-34(15-13-33)11-5-10-28-18-21(17-27)20-16-24-23(29-19-20)8-9-25(31-24)32-26(35)30-22-6-3-4-7-22/h8-9,16-19,22,24,31H,2-7,10-15,27H2,1H3,(H2,30,32,35). The molecule has 2 fully saturated rings. The minimum atomic E-state index is -0.169. The van der Waals surface area contributed by atoms with E-state index in [4.69, 9.17) is 5.73 Å². The van der Waals surface area contributed by atoms with Crippen molar-refractivity contribution in [2.75, 3.05) is 45.8 Å². The zero-order chi connectivity index (χ0) is 24.5. The summed E-state index contributed by atoms with van der Waals surface area (Å²) in [6.07, 6.45) is 16.6. The summed E-state index contributed by atoms with van der Waals surface area (Å²) in [7, 11) is 0. The molecular weight excluding hydrogens is 440 g/mol. The lowest BCUT2D eigenvalue weighted by atomic mass is 10.00. The molecule has 4 aliphatic rings. The number of amides is 2. The van der Waals surface area contributed by atoms with E-state index in [0.29, 0.717) is 5.82 Å². The van der Waals surface area contributed by atoms with Crippen molar-refractivity contribution in [1.82, 2.24) is 25.8 Å². The van der Waals surface area contributed by atoms with Crippen LogP contribution in [-0.4, -0.2) is 86.2 Å². The van der Waals surface area contributed by atoms with E-state index in [-0.39, 0.29) is 18.1 Å². The number of hydrogen-bond donors (Lipinski definition) is 4. The maximum absolute atomic E-state index is 12.3. The van der Waals surface area contributed by atoms with E-state index in [1.807, 2.05) is 24.6 Å². The lowest BCUT2D eigenvalue weighted by molar-refractivity contribution is 0.137. The van der Waals surface area contributed by atoms with Gasteiger partial charge in [-0.1, -0.05) is 19.8 Å². The van der Waals surface area contributed by atoms with Gasteiger partial charge in [0.15, 0.2) is 0 Å². The molecule has 1 saturated heterocycles. The molecule has 2 amide bonds. The number of dihydropyridines is 2. The SMILES string of the molecule is CCN1CCN(CCCN=CC(=CN)C2=CC3NC(NC(=O)NC4CCCC4)=CC=C3N=C2)CC1. The first kappa shape index (κ1) is 25.2. The van der Waals surface area contributed by atoms with Gasteiger partial charge in [-0.2, -0.15) is 0 Å². The number of aliphatic imine (C=N–C) groups is 2. The molecule has 0 aromatic carbocycles. The third-order valence-corrected chi connectivity index (χ3v) is 7.10. The number of piperazine rings is 1. The molecule has 0 radical (unpaired) electrons. The Labute approximate surface area is 209 Å². The number of allylic oxidation sites excluding steroid dienone is 4. The van der Waals surface area contributed by atoms with E-state index >= 15 is 0 Å². The Hall–Kier alpha value is -2.91. The summed E-state index contributed by atoms with van der Waals surface area (Å²) in [5.41, 5.74) is 8.57. The average molecular weight is 481 g/mol. The van der Waals surface area contributed by atoms with Crippen molar-refractivity contribution in [3.05, 3.63) is 47.1 Å². The molecule has 35 heavy (non-hydrogen) atoms. The van der Waals surface area contributed by atoms with Crippen molar-refractivity contribution in [3.8, 4) is 0 Å². The summed E-state index contributed by atoms with van der Waals surface area (Å²) in [5.74, 6) is 0.661. The van der Waals surface area contributed by atoms with Crippen LogP contribution in [0.15, 0.2) is 57.1 Å². The van der Waals surface area contributed by atoms with Crippen molar-refractivity contribution < 1.29 is 4.79 Å². The molecule has 1 atom stereocenters. The van der Waals surface area contributed by atoms with E-state index in [2.05, 4.69) is 48.7 Å². The molecule has 0 aromatic rings. The van der Waals surface area contributed by atoms with Crippen LogP contribution in [0.25, 0.3) is 0 Å². The highest BCUT2D eigenvalue weighted by molar-refractivity contribution is 5.99. The molecule has 0 aromatic heterocycles. The van der Waals surface area contributed by atoms with E-state index < -0.39 is 0 Å². The van der Waals surface area contributed by atoms with Gasteiger partial charge >= 0.3 is 6.03 Å². The van der Waals surface area contributed by atoms with Crippen LogP contribution in [0.4, 0.5) is 4.79 Å². The Morgan fingerprint density at radius 1 is 1.23 bits per heavy atom. The van der Waals surface area contributed by atoms with Crippen molar-refractivity contribution >= 4 is 18.5 Å². The maximum Gasteiger partial charge on any atom is 0.320 e. The number of fused-ring (bicyclic) bond motifs is 1. The largest absolute Gasteiger partial charge is 0.404 e. The molecule has 1 aliphatic carbocycles. The fourth-order valence-electron chi connectivity index (χ4n) is 4.93. The van der Waals surface area contributed by atoms with Crippen LogP contribution >= 0.6 is 0 Å². The van der Waals surface area contributed by atoms with E-state index in [9.17, 15) is 4.79 Å². The van der Waals surface area contributed by atoms with E-state index in [1.165, 1.54) is 12.8 Å². The number of nitrogens with zero attached hydrogens (tertiary/aromatic N) is 4. The summed E-state index contributed by atoms with van der Waals surface area (Å²) in [4.78, 5) is 26.5. The predicted octanol–water partition coefficient (Wildman–Crippen LogP) is 1.88. The third kappa shape index (κ3) is 7.29. The predicted molar refractivity (Wildman–Crippen MR) is 142 cm³/mol. The van der Waals surface area contributed by atoms with Gasteiger partial charge in [0.25, 0.3) is 0 Å². The molecule has 9 heteroatoms. The van der Waals surface area contributed by atoms with Gasteiger partial charge in [0.2, 0.25) is 0 Å². The van der Waals surface area contributed by atoms with Gasteiger partial charge in [-0.05, 0) is 50.6 Å². The highest BCUT2D eigenvalue weighted by Crippen LogP contribution is 2.21. The zero-order valence-electron chi connectivity index (χ0n) is 20.9. The van der Waals surface area contributed by atoms with Gasteiger partial charge in [-0.25, -0.2) is 4.79 Å². The lowest BCUT2D eigenvalue weighted by Crippen LogP contribution is -2.46. The van der Waals surface area contributed by atoms with Crippen LogP contribution in [0, 0.1) is 0 Å². The summed E-state index contributed by atoms with van der Waals surface area (Å²) in [5, 5.41) is 9.32. The van der Waals surface area contributed by atoms with Crippen LogP contribution in [0.3, 0.4) is 0 Å². The van der Waals surface area contributed by atoms with Crippen LogP contribution in [-0.2, 0) is 0 Å². The lowest BCUT2D eigenvalue weighted by Gasteiger charge is -2.33. The van der Waals surface area contributed by atoms with Crippen molar-refractivity contribution in [1.29, 1.82) is 0 Å². The first-order valence-electron chi connectivity index (χ1n) is 13.0. The van der Waals surface area contributed by atoms with Crippen molar-refractivity contribution in [2.24, 2.45) is 15.7 Å². The molecular formula is C26H40N8O. The van der Waals surface area contributed by atoms with Gasteiger partial charge in [0.1, 0.15) is 5.82 Å². The molecule has 0 spiro atoms. The van der Waals surface area contributed by atoms with E-state index in [0.717, 1.165) is 81.9 Å². The van der Waals surface area contributed by atoms with Crippen LogP contribution in [0.5, 0.6) is 0 Å². The zero-order valence-corrected chi connectivity index (χ0v) is 20.9. The molecule has 5 N–H and O–H groups in total. The second-order valence-electron chi connectivity index (χ2n) is 9.54. The highest BCUT2D eigenvalue weighted by Gasteiger charge is 2.23. The number of nitrogens with one attached hydrogen (secondary N) is 3. The van der Waals surface area contributed by atoms with Crippen LogP contribution in [0.1, 0.15) is 39.0 Å².